The van der Waals surface area contributed by atoms with E-state index in [1.807, 2.05) is 11.8 Å². The first kappa shape index (κ1) is 30.7. The van der Waals surface area contributed by atoms with Gasteiger partial charge in [0.2, 0.25) is 0 Å². The van der Waals surface area contributed by atoms with Crippen LogP contribution in [0.4, 0.5) is 36.8 Å². The number of hydrogen-bond acceptors (Lipinski definition) is 6. The molecule has 0 bridgehead atoms. The monoisotopic (exact) mass is 606 g/mol. The Labute approximate surface area is 240 Å². The van der Waals surface area contributed by atoms with E-state index in [9.17, 15) is 35.9 Å². The second kappa shape index (κ2) is 11.4. The van der Waals surface area contributed by atoms with E-state index in [0.29, 0.717) is 31.2 Å². The molecule has 8 nitrogen and oxygen atoms in total. The molecule has 0 saturated carbocycles. The van der Waals surface area contributed by atoms with E-state index in [0.717, 1.165) is 67.3 Å². The lowest BCUT2D eigenvalue weighted by Gasteiger charge is -2.45. The fourth-order valence-electron chi connectivity index (χ4n) is 7.32. The van der Waals surface area contributed by atoms with Crippen LogP contribution in [0.3, 0.4) is 0 Å². The number of benzene rings is 1. The number of carboxylic acid groups (broad SMARTS) is 1. The highest BCUT2D eigenvalue weighted by atomic mass is 19.4. The number of aliphatic carboxylic acids is 1. The summed E-state index contributed by atoms with van der Waals surface area (Å²) < 4.78 is 81.3. The molecular formula is C28H36F6N4O4. The molecule has 234 valence electrons. The van der Waals surface area contributed by atoms with Crippen LogP contribution in [0.5, 0.6) is 0 Å². The number of nitrogens with zero attached hydrogens (tertiary/aromatic N) is 4. The van der Waals surface area contributed by atoms with Crippen LogP contribution in [-0.4, -0.2) is 108 Å². The highest BCUT2D eigenvalue weighted by molar-refractivity contribution is 5.69. The van der Waals surface area contributed by atoms with Crippen molar-refractivity contribution in [3.8, 4) is 0 Å². The molecule has 4 aliphatic rings. The van der Waals surface area contributed by atoms with Crippen LogP contribution in [0, 0.1) is 18.8 Å². The molecule has 1 aromatic rings. The molecule has 0 radical (unpaired) electrons. The molecular weight excluding hydrogens is 570 g/mol. The van der Waals surface area contributed by atoms with Crippen LogP contribution in [0.2, 0.25) is 0 Å². The standard InChI is InChI=1S/C28H36F6N4O4/c1-18-3-4-19(22(11-18)37-14-20-12-35(17-23(39)40)13-21(20)15-37)16-38-8-2-5-26(38)6-9-36(10-7-26)25(41)42-24(27(29,30)31)28(32,33)34/h3-4,11,20-21,24H,2,5-10,12-17H2,1H3,(H,39,40). The molecule has 42 heavy (non-hydrogen) atoms. The summed E-state index contributed by atoms with van der Waals surface area (Å²) in [6, 6.07) is 6.34. The Bertz CT molecular complexity index is 1140. The number of carbonyl (C=O) groups excluding carboxylic acids is 1. The minimum absolute atomic E-state index is 0.0147. The van der Waals surface area contributed by atoms with Gasteiger partial charge in [-0.2, -0.15) is 26.3 Å². The summed E-state index contributed by atoms with van der Waals surface area (Å²) in [7, 11) is 0. The zero-order valence-electron chi connectivity index (χ0n) is 23.4. The van der Waals surface area contributed by atoms with Crippen molar-refractivity contribution in [1.82, 2.24) is 14.7 Å². The number of anilines is 1. The number of alkyl halides is 6. The number of piperidine rings is 1. The van der Waals surface area contributed by atoms with Crippen molar-refractivity contribution in [2.75, 3.05) is 57.3 Å². The quantitative estimate of drug-likeness (QED) is 0.478. The van der Waals surface area contributed by atoms with Gasteiger partial charge in [0, 0.05) is 57.0 Å². The van der Waals surface area contributed by atoms with Crippen LogP contribution in [0.25, 0.3) is 0 Å². The number of carboxylic acids is 1. The van der Waals surface area contributed by atoms with Crippen LogP contribution < -0.4 is 4.90 Å². The van der Waals surface area contributed by atoms with E-state index in [1.165, 1.54) is 0 Å². The van der Waals surface area contributed by atoms with Crippen LogP contribution >= 0.6 is 0 Å². The van der Waals surface area contributed by atoms with Crippen molar-refractivity contribution in [2.24, 2.45) is 11.8 Å². The maximum Gasteiger partial charge on any atom is 0.434 e. The van der Waals surface area contributed by atoms with Gasteiger partial charge in [0.15, 0.2) is 0 Å². The number of likely N-dealkylation sites (tertiary alicyclic amines) is 3. The van der Waals surface area contributed by atoms with E-state index in [2.05, 4.69) is 32.7 Å². The van der Waals surface area contributed by atoms with Gasteiger partial charge >= 0.3 is 24.4 Å². The first-order valence-electron chi connectivity index (χ1n) is 14.3. The number of halogens is 6. The van der Waals surface area contributed by atoms with Gasteiger partial charge in [-0.1, -0.05) is 12.1 Å². The Hall–Kier alpha value is -2.74. The molecule has 4 saturated heterocycles. The number of ether oxygens (including phenoxy) is 1. The molecule has 1 spiro atoms. The Kier molecular flexibility index (Phi) is 8.34. The van der Waals surface area contributed by atoms with Crippen LogP contribution in [-0.2, 0) is 16.1 Å². The van der Waals surface area contributed by atoms with Gasteiger partial charge < -0.3 is 19.6 Å². The number of rotatable bonds is 6. The molecule has 4 heterocycles. The third-order valence-electron chi connectivity index (χ3n) is 9.37. The maximum absolute atomic E-state index is 12.9. The number of hydrogen-bond donors (Lipinski definition) is 1. The van der Waals surface area contributed by atoms with Crippen LogP contribution in [0.15, 0.2) is 18.2 Å². The summed E-state index contributed by atoms with van der Waals surface area (Å²) in [5.74, 6) is -0.0229. The maximum atomic E-state index is 12.9. The van der Waals surface area contributed by atoms with E-state index in [4.69, 9.17) is 5.11 Å². The first-order valence-corrected chi connectivity index (χ1v) is 14.3. The van der Waals surface area contributed by atoms with Crippen molar-refractivity contribution >= 4 is 17.7 Å². The molecule has 1 aromatic carbocycles. The molecule has 4 aliphatic heterocycles. The van der Waals surface area contributed by atoms with Crippen molar-refractivity contribution < 1.29 is 45.8 Å². The minimum atomic E-state index is -5.75. The fourth-order valence-corrected chi connectivity index (χ4v) is 7.32. The Morgan fingerprint density at radius 3 is 2.17 bits per heavy atom. The van der Waals surface area contributed by atoms with Gasteiger partial charge in [-0.15, -0.1) is 0 Å². The second-order valence-electron chi connectivity index (χ2n) is 12.2. The number of amides is 1. The summed E-state index contributed by atoms with van der Waals surface area (Å²) in [4.78, 5) is 31.1. The normalized spacial score (nSPS) is 25.0. The molecule has 1 amide bonds. The number of carbonyl (C=O) groups is 2. The van der Waals surface area contributed by atoms with E-state index in [-0.39, 0.29) is 25.2 Å². The molecule has 5 rings (SSSR count). The molecule has 14 heteroatoms. The summed E-state index contributed by atoms with van der Waals surface area (Å²) in [5.41, 5.74) is 3.11. The number of aryl methyl sites for hydroxylation is 1. The molecule has 4 fully saturated rings. The predicted molar refractivity (Wildman–Crippen MR) is 140 cm³/mol. The zero-order valence-corrected chi connectivity index (χ0v) is 23.4. The average molecular weight is 607 g/mol. The molecule has 2 unspecified atom stereocenters. The smallest absolute Gasteiger partial charge is 0.434 e. The lowest BCUT2D eigenvalue weighted by Crippen LogP contribution is -2.54. The largest absolute Gasteiger partial charge is 0.480 e. The number of fused-ring (bicyclic) bond motifs is 1. The zero-order chi connectivity index (χ0) is 30.4. The highest BCUT2D eigenvalue weighted by Crippen LogP contribution is 2.42. The van der Waals surface area contributed by atoms with Crippen LogP contribution in [0.1, 0.15) is 36.8 Å². The lowest BCUT2D eigenvalue weighted by molar-refractivity contribution is -0.308. The molecule has 0 aromatic heterocycles. The summed E-state index contributed by atoms with van der Waals surface area (Å²) >= 11 is 0. The molecule has 2 atom stereocenters. The second-order valence-corrected chi connectivity index (χ2v) is 12.2. The van der Waals surface area contributed by atoms with Crippen molar-refractivity contribution in [3.63, 3.8) is 0 Å². The van der Waals surface area contributed by atoms with E-state index < -0.39 is 30.5 Å². The van der Waals surface area contributed by atoms with Gasteiger partial charge in [0.25, 0.3) is 6.10 Å². The highest BCUT2D eigenvalue weighted by Gasteiger charge is 2.60. The van der Waals surface area contributed by atoms with Gasteiger partial charge in [-0.3, -0.25) is 14.6 Å². The molecule has 1 N–H and O–H groups in total. The van der Waals surface area contributed by atoms with E-state index >= 15 is 0 Å². The average Bonchev–Trinajstić information content (AvgIpc) is 3.56. The van der Waals surface area contributed by atoms with Crippen molar-refractivity contribution in [1.29, 1.82) is 0 Å². The summed E-state index contributed by atoms with van der Waals surface area (Å²) in [6.07, 6.45) is -14.6. The van der Waals surface area contributed by atoms with Gasteiger partial charge in [0.05, 0.1) is 6.54 Å². The summed E-state index contributed by atoms with van der Waals surface area (Å²) in [5, 5.41) is 9.15. The van der Waals surface area contributed by atoms with Crippen molar-refractivity contribution in [3.05, 3.63) is 29.3 Å². The van der Waals surface area contributed by atoms with Crippen molar-refractivity contribution in [2.45, 2.75) is 63.1 Å². The van der Waals surface area contributed by atoms with E-state index in [1.54, 1.807) is 0 Å². The Morgan fingerprint density at radius 2 is 1.60 bits per heavy atom. The lowest BCUT2D eigenvalue weighted by atomic mass is 9.84. The fraction of sp³-hybridized carbons (Fsp3) is 0.714. The predicted octanol–water partition coefficient (Wildman–Crippen LogP) is 4.51. The topological polar surface area (TPSA) is 76.6 Å². The third kappa shape index (κ3) is 6.43. The summed E-state index contributed by atoms with van der Waals surface area (Å²) in [6.45, 7) is 6.77. The molecule has 0 aliphatic carbocycles. The Balaban J connectivity index is 1.23. The minimum Gasteiger partial charge on any atom is -0.480 e. The van der Waals surface area contributed by atoms with Gasteiger partial charge in [-0.25, -0.2) is 4.79 Å². The Morgan fingerprint density at radius 1 is 0.976 bits per heavy atom. The SMILES string of the molecule is Cc1ccc(CN2CCCC23CCN(C(=O)OC(C(F)(F)F)C(F)(F)F)CC3)c(N2CC3CN(CC(=O)O)CC3C2)c1. The third-order valence-corrected chi connectivity index (χ3v) is 9.37. The first-order chi connectivity index (χ1) is 19.6. The van der Waals surface area contributed by atoms with Gasteiger partial charge in [-0.05, 0) is 68.2 Å². The van der Waals surface area contributed by atoms with Gasteiger partial charge in [0.1, 0.15) is 0 Å².